The normalized spacial score (nSPS) is 30.5. The van der Waals surface area contributed by atoms with Crippen molar-refractivity contribution in [3.8, 4) is 5.75 Å². The minimum absolute atomic E-state index is 0.286. The molecule has 2 atom stereocenters. The van der Waals surface area contributed by atoms with E-state index >= 15 is 0 Å². The van der Waals surface area contributed by atoms with Gasteiger partial charge in [-0.15, -0.1) is 0 Å². The molecule has 1 aromatic rings. The summed E-state index contributed by atoms with van der Waals surface area (Å²) in [6.07, 6.45) is 13.1. The molecule has 2 fully saturated rings. The molecule has 2 heteroatoms. The standard InChI is InChI=1S/C19H27NO/c20-17-13-18(19(17)10-4-1-5-11-19)21-16-9-8-14-6-2-3-7-15(14)12-16/h8-9,12,17-18H,1-7,10-11,13,20H2. The Morgan fingerprint density at radius 1 is 0.952 bits per heavy atom. The van der Waals surface area contributed by atoms with Crippen LogP contribution in [0.2, 0.25) is 0 Å². The first kappa shape index (κ1) is 13.6. The van der Waals surface area contributed by atoms with Crippen molar-refractivity contribution in [1.29, 1.82) is 0 Å². The quantitative estimate of drug-likeness (QED) is 0.891. The molecule has 0 aliphatic heterocycles. The van der Waals surface area contributed by atoms with Crippen molar-refractivity contribution in [2.24, 2.45) is 11.1 Å². The van der Waals surface area contributed by atoms with E-state index in [1.807, 2.05) is 0 Å². The number of hydrogen-bond acceptors (Lipinski definition) is 2. The van der Waals surface area contributed by atoms with Gasteiger partial charge in [0.2, 0.25) is 0 Å². The van der Waals surface area contributed by atoms with Gasteiger partial charge in [0.05, 0.1) is 0 Å². The van der Waals surface area contributed by atoms with Gasteiger partial charge in [0.15, 0.2) is 0 Å². The van der Waals surface area contributed by atoms with Gasteiger partial charge < -0.3 is 10.5 Å². The summed E-state index contributed by atoms with van der Waals surface area (Å²) in [5.74, 6) is 1.08. The molecule has 3 aliphatic carbocycles. The topological polar surface area (TPSA) is 35.2 Å². The smallest absolute Gasteiger partial charge is 0.120 e. The van der Waals surface area contributed by atoms with Crippen molar-refractivity contribution in [3.05, 3.63) is 29.3 Å². The van der Waals surface area contributed by atoms with Gasteiger partial charge in [-0.05, 0) is 61.8 Å². The van der Waals surface area contributed by atoms with Gasteiger partial charge in [0.1, 0.15) is 11.9 Å². The lowest BCUT2D eigenvalue weighted by Gasteiger charge is -2.56. The lowest BCUT2D eigenvalue weighted by atomic mass is 9.55. The Labute approximate surface area is 128 Å². The predicted molar refractivity (Wildman–Crippen MR) is 85.6 cm³/mol. The number of rotatable bonds is 2. The molecule has 0 saturated heterocycles. The van der Waals surface area contributed by atoms with Crippen LogP contribution < -0.4 is 10.5 Å². The fraction of sp³-hybridized carbons (Fsp3) is 0.684. The van der Waals surface area contributed by atoms with E-state index in [4.69, 9.17) is 10.5 Å². The second-order valence-electron chi connectivity index (χ2n) is 7.38. The van der Waals surface area contributed by atoms with Gasteiger partial charge >= 0.3 is 0 Å². The van der Waals surface area contributed by atoms with E-state index in [0.29, 0.717) is 12.1 Å². The second kappa shape index (κ2) is 5.31. The van der Waals surface area contributed by atoms with E-state index in [2.05, 4.69) is 18.2 Å². The number of hydrogen-bond donors (Lipinski definition) is 1. The molecule has 2 nitrogen and oxygen atoms in total. The van der Waals surface area contributed by atoms with E-state index in [-0.39, 0.29) is 5.41 Å². The molecular formula is C19H27NO. The highest BCUT2D eigenvalue weighted by Gasteiger charge is 2.54. The molecule has 2 unspecified atom stereocenters. The summed E-state index contributed by atoms with van der Waals surface area (Å²) in [4.78, 5) is 0. The molecule has 0 bridgehead atoms. The highest BCUT2D eigenvalue weighted by atomic mass is 16.5. The number of fused-ring (bicyclic) bond motifs is 1. The lowest BCUT2D eigenvalue weighted by molar-refractivity contribution is -0.0898. The Morgan fingerprint density at radius 3 is 2.48 bits per heavy atom. The molecule has 0 radical (unpaired) electrons. The predicted octanol–water partition coefficient (Wildman–Crippen LogP) is 3.99. The van der Waals surface area contributed by atoms with Gasteiger partial charge in [-0.25, -0.2) is 0 Å². The van der Waals surface area contributed by atoms with Gasteiger partial charge in [0.25, 0.3) is 0 Å². The minimum atomic E-state index is 0.286. The molecule has 0 aromatic heterocycles. The van der Waals surface area contributed by atoms with Crippen LogP contribution in [0.1, 0.15) is 62.5 Å². The first-order chi connectivity index (χ1) is 10.3. The zero-order valence-electron chi connectivity index (χ0n) is 12.9. The summed E-state index contributed by atoms with van der Waals surface area (Å²) in [5, 5.41) is 0. The zero-order valence-corrected chi connectivity index (χ0v) is 12.9. The van der Waals surface area contributed by atoms with Gasteiger partial charge in [0, 0.05) is 17.9 Å². The number of aryl methyl sites for hydroxylation is 2. The van der Waals surface area contributed by atoms with Crippen molar-refractivity contribution in [1.82, 2.24) is 0 Å². The maximum absolute atomic E-state index is 6.40. The minimum Gasteiger partial charge on any atom is -0.490 e. The van der Waals surface area contributed by atoms with Gasteiger partial charge in [-0.3, -0.25) is 0 Å². The van der Waals surface area contributed by atoms with Crippen molar-refractivity contribution in [2.45, 2.75) is 76.4 Å². The van der Waals surface area contributed by atoms with Crippen LogP contribution in [0.15, 0.2) is 18.2 Å². The largest absolute Gasteiger partial charge is 0.490 e. The maximum Gasteiger partial charge on any atom is 0.120 e. The average molecular weight is 285 g/mol. The van der Waals surface area contributed by atoms with Crippen LogP contribution in [0.3, 0.4) is 0 Å². The van der Waals surface area contributed by atoms with Crippen molar-refractivity contribution in [2.75, 3.05) is 0 Å². The third-order valence-corrected chi connectivity index (χ3v) is 6.23. The number of benzene rings is 1. The number of ether oxygens (including phenoxy) is 1. The molecule has 2 N–H and O–H groups in total. The molecule has 114 valence electrons. The first-order valence-corrected chi connectivity index (χ1v) is 8.82. The maximum atomic E-state index is 6.40. The fourth-order valence-electron chi connectivity index (χ4n) is 4.79. The molecule has 21 heavy (non-hydrogen) atoms. The van der Waals surface area contributed by atoms with Crippen LogP contribution in [0.4, 0.5) is 0 Å². The highest BCUT2D eigenvalue weighted by Crippen LogP contribution is 2.52. The SMILES string of the molecule is NC1CC(Oc2ccc3c(c2)CCCC3)C12CCCCC2. The Balaban J connectivity index is 1.51. The fourth-order valence-corrected chi connectivity index (χ4v) is 4.79. The van der Waals surface area contributed by atoms with E-state index in [9.17, 15) is 0 Å². The van der Waals surface area contributed by atoms with Crippen LogP contribution in [0.5, 0.6) is 5.75 Å². The molecule has 1 spiro atoms. The first-order valence-electron chi connectivity index (χ1n) is 8.82. The van der Waals surface area contributed by atoms with Crippen molar-refractivity contribution < 1.29 is 4.74 Å². The van der Waals surface area contributed by atoms with Crippen LogP contribution in [-0.2, 0) is 12.8 Å². The lowest BCUT2D eigenvalue weighted by Crippen LogP contribution is -2.64. The number of nitrogens with two attached hydrogens (primary N) is 1. The molecule has 1 aromatic carbocycles. The molecule has 0 heterocycles. The highest BCUT2D eigenvalue weighted by molar-refractivity contribution is 5.37. The molecular weight excluding hydrogens is 258 g/mol. The Hall–Kier alpha value is -1.02. The van der Waals surface area contributed by atoms with E-state index in [1.54, 1.807) is 0 Å². The molecule has 0 amide bonds. The Kier molecular flexibility index (Phi) is 3.45. The summed E-state index contributed by atoms with van der Waals surface area (Å²) in [5.41, 5.74) is 9.70. The average Bonchev–Trinajstić information content (AvgIpc) is 2.55. The van der Waals surface area contributed by atoms with E-state index in [0.717, 1.165) is 12.2 Å². The summed E-state index contributed by atoms with van der Waals surface area (Å²) in [6.45, 7) is 0. The second-order valence-corrected chi connectivity index (χ2v) is 7.38. The van der Waals surface area contributed by atoms with Crippen LogP contribution in [0, 0.1) is 5.41 Å². The molecule has 3 aliphatic rings. The summed E-state index contributed by atoms with van der Waals surface area (Å²) >= 11 is 0. The Bertz CT molecular complexity index is 518. The summed E-state index contributed by atoms with van der Waals surface area (Å²) in [7, 11) is 0. The molecule has 4 rings (SSSR count). The van der Waals surface area contributed by atoms with E-state index in [1.165, 1.54) is 68.9 Å². The van der Waals surface area contributed by atoms with Crippen molar-refractivity contribution >= 4 is 0 Å². The van der Waals surface area contributed by atoms with Gasteiger partial charge in [-0.2, -0.15) is 0 Å². The Morgan fingerprint density at radius 2 is 1.71 bits per heavy atom. The summed E-state index contributed by atoms with van der Waals surface area (Å²) < 4.78 is 6.40. The third kappa shape index (κ3) is 2.28. The van der Waals surface area contributed by atoms with Crippen LogP contribution in [0.25, 0.3) is 0 Å². The monoisotopic (exact) mass is 285 g/mol. The van der Waals surface area contributed by atoms with Gasteiger partial charge in [-0.1, -0.05) is 25.3 Å². The third-order valence-electron chi connectivity index (χ3n) is 6.23. The van der Waals surface area contributed by atoms with Crippen LogP contribution >= 0.6 is 0 Å². The summed E-state index contributed by atoms with van der Waals surface area (Å²) in [6, 6.07) is 7.13. The molecule has 2 saturated carbocycles. The van der Waals surface area contributed by atoms with Crippen molar-refractivity contribution in [3.63, 3.8) is 0 Å². The zero-order chi connectivity index (χ0) is 14.3. The van der Waals surface area contributed by atoms with Crippen LogP contribution in [-0.4, -0.2) is 12.1 Å². The van der Waals surface area contributed by atoms with E-state index < -0.39 is 0 Å².